The predicted octanol–water partition coefficient (Wildman–Crippen LogP) is 5.06. The van der Waals surface area contributed by atoms with E-state index < -0.39 is 39.7 Å². The Labute approximate surface area is 249 Å². The highest BCUT2D eigenvalue weighted by Crippen LogP contribution is 2.57. The van der Waals surface area contributed by atoms with Gasteiger partial charge in [0.05, 0.1) is 11.6 Å². The lowest BCUT2D eigenvalue weighted by molar-refractivity contribution is -0.194. The van der Waals surface area contributed by atoms with Crippen LogP contribution in [-0.2, 0) is 10.0 Å². The number of nitrogens with one attached hydrogen (secondary N) is 1. The molecule has 4 heterocycles. The van der Waals surface area contributed by atoms with Gasteiger partial charge in [-0.1, -0.05) is 27.7 Å². The van der Waals surface area contributed by atoms with Crippen molar-refractivity contribution in [3.63, 3.8) is 0 Å². The van der Waals surface area contributed by atoms with E-state index in [0.717, 1.165) is 6.42 Å². The van der Waals surface area contributed by atoms with Gasteiger partial charge >= 0.3 is 6.18 Å². The summed E-state index contributed by atoms with van der Waals surface area (Å²) in [5, 5.41) is 4.25. The lowest BCUT2D eigenvalue weighted by Gasteiger charge is -2.34. The Kier molecular flexibility index (Phi) is 7.46. The highest BCUT2D eigenvalue weighted by Gasteiger charge is 2.64. The minimum Gasteiger partial charge on any atom is -0.476 e. The van der Waals surface area contributed by atoms with Crippen LogP contribution in [0.3, 0.4) is 0 Å². The summed E-state index contributed by atoms with van der Waals surface area (Å²) in [5.41, 5.74) is -2.46. The van der Waals surface area contributed by atoms with Crippen LogP contribution in [0.4, 0.5) is 19.0 Å². The van der Waals surface area contributed by atoms with Crippen molar-refractivity contribution in [1.82, 2.24) is 19.5 Å². The number of aromatic nitrogens is 3. The first-order chi connectivity index (χ1) is 19.8. The molecule has 1 amide bonds. The maximum atomic E-state index is 13.5. The molecule has 2 fully saturated rings. The molecule has 5 rings (SSSR count). The number of hydrogen-bond donors (Lipinski definition) is 1. The molecule has 2 aromatic heterocycles. The van der Waals surface area contributed by atoms with E-state index in [2.05, 4.69) is 21.7 Å². The van der Waals surface area contributed by atoms with Crippen molar-refractivity contribution in [3.8, 4) is 11.7 Å². The van der Waals surface area contributed by atoms with E-state index in [1.165, 1.54) is 41.4 Å². The number of anilines is 1. The molecule has 0 aromatic carbocycles. The van der Waals surface area contributed by atoms with Gasteiger partial charge in [-0.2, -0.15) is 13.2 Å². The van der Waals surface area contributed by atoms with Crippen molar-refractivity contribution >= 4 is 28.0 Å². The molecule has 2 aromatic rings. The maximum Gasteiger partial charge on any atom is 0.397 e. The van der Waals surface area contributed by atoms with Gasteiger partial charge in [-0.05, 0) is 62.7 Å². The average Bonchev–Trinajstić information content (AvgIpc) is 3.22. The van der Waals surface area contributed by atoms with Crippen molar-refractivity contribution in [2.24, 2.45) is 21.7 Å². The number of halogens is 3. The minimum atomic E-state index is -4.34. The standard InChI is InChI=1S/C29H37F3N6O4S/c1-18-14-27(5,6)37(16-18)24-20(25(39)36-43(40,41)19-13-21(33-15-19)26(2,3)4)7-8-22(34-24)38-12-9-23(35-38)42-17-28(10-11-28)29(30,31)32/h7-9,12-13,15,18,21H,10-11,14,16-17H2,1-6H3,(H,36,39)/t18-,21?/m0/s1. The number of ether oxygens (including phenoxy) is 1. The fourth-order valence-corrected chi connectivity index (χ4v) is 6.54. The van der Waals surface area contributed by atoms with Crippen LogP contribution < -0.4 is 14.4 Å². The Balaban J connectivity index is 1.43. The van der Waals surface area contributed by atoms with Gasteiger partial charge in [0.1, 0.15) is 22.7 Å². The summed E-state index contributed by atoms with van der Waals surface area (Å²) in [5.74, 6) is 0.0111. The van der Waals surface area contributed by atoms with Gasteiger partial charge in [0.2, 0.25) is 5.88 Å². The van der Waals surface area contributed by atoms with Crippen molar-refractivity contribution in [1.29, 1.82) is 0 Å². The predicted molar refractivity (Wildman–Crippen MR) is 156 cm³/mol. The topological polar surface area (TPSA) is 119 Å². The van der Waals surface area contributed by atoms with Crippen molar-refractivity contribution in [2.45, 2.75) is 78.6 Å². The number of allylic oxidation sites excluding steroid dienone is 1. The lowest BCUT2D eigenvalue weighted by atomic mass is 9.88. The van der Waals surface area contributed by atoms with Crippen LogP contribution in [0.1, 0.15) is 71.2 Å². The maximum absolute atomic E-state index is 13.5. The third-order valence-electron chi connectivity index (χ3n) is 8.29. The SMILES string of the molecule is C[C@@H]1CN(c2nc(-n3ccc(OCC4(C(F)(F)F)CC4)n3)ccc2C(=O)NS(=O)(=O)C2=CC(C(C)(C)C)N=C2)C(C)(C)C1. The van der Waals surface area contributed by atoms with Crippen molar-refractivity contribution in [2.75, 3.05) is 18.1 Å². The molecular weight excluding hydrogens is 585 g/mol. The highest BCUT2D eigenvalue weighted by molar-refractivity contribution is 7.94. The third-order valence-corrected chi connectivity index (χ3v) is 9.61. The largest absolute Gasteiger partial charge is 0.476 e. The van der Waals surface area contributed by atoms with Gasteiger partial charge in [0, 0.05) is 30.6 Å². The number of rotatable bonds is 8. The number of carbonyl (C=O) groups is 1. The quantitative estimate of drug-likeness (QED) is 0.438. The van der Waals surface area contributed by atoms with E-state index in [9.17, 15) is 26.4 Å². The summed E-state index contributed by atoms with van der Waals surface area (Å²) in [7, 11) is -4.21. The molecule has 1 N–H and O–H groups in total. The van der Waals surface area contributed by atoms with Crippen LogP contribution in [0.5, 0.6) is 5.88 Å². The Morgan fingerprint density at radius 3 is 2.42 bits per heavy atom. The number of hydrogen-bond acceptors (Lipinski definition) is 8. The van der Waals surface area contributed by atoms with E-state index in [0.29, 0.717) is 6.54 Å². The first-order valence-corrected chi connectivity index (χ1v) is 15.7. The van der Waals surface area contributed by atoms with E-state index in [-0.39, 0.29) is 58.2 Å². The minimum absolute atomic E-state index is 0.0157. The monoisotopic (exact) mass is 622 g/mol. The van der Waals surface area contributed by atoms with Crippen molar-refractivity contribution < 1.29 is 31.1 Å². The first kappa shape index (κ1) is 31.0. The molecule has 10 nitrogen and oxygen atoms in total. The first-order valence-electron chi connectivity index (χ1n) is 14.2. The molecule has 3 aliphatic rings. The molecule has 1 unspecified atom stereocenters. The van der Waals surface area contributed by atoms with Crippen LogP contribution in [0.25, 0.3) is 5.82 Å². The molecule has 0 radical (unpaired) electrons. The zero-order valence-corrected chi connectivity index (χ0v) is 25.9. The smallest absolute Gasteiger partial charge is 0.397 e. The molecule has 1 saturated heterocycles. The second-order valence-electron chi connectivity index (χ2n) is 13.5. The molecule has 14 heteroatoms. The van der Waals surface area contributed by atoms with Crippen LogP contribution >= 0.6 is 0 Å². The summed E-state index contributed by atoms with van der Waals surface area (Å²) in [6, 6.07) is 4.08. The third kappa shape index (κ3) is 6.16. The molecule has 43 heavy (non-hydrogen) atoms. The zero-order valence-electron chi connectivity index (χ0n) is 25.1. The Morgan fingerprint density at radius 2 is 1.86 bits per heavy atom. The number of sulfonamides is 1. The fraction of sp³-hybridized carbons (Fsp3) is 0.586. The molecule has 234 valence electrons. The molecule has 2 aliphatic heterocycles. The normalized spacial score (nSPS) is 22.9. The molecule has 2 atom stereocenters. The highest BCUT2D eigenvalue weighted by atomic mass is 32.2. The second kappa shape index (κ2) is 10.3. The van der Waals surface area contributed by atoms with Crippen LogP contribution in [0.15, 0.2) is 40.4 Å². The van der Waals surface area contributed by atoms with Gasteiger partial charge in [-0.25, -0.2) is 22.8 Å². The second-order valence-corrected chi connectivity index (χ2v) is 15.2. The number of amides is 1. The van der Waals surface area contributed by atoms with Gasteiger partial charge < -0.3 is 9.64 Å². The van der Waals surface area contributed by atoms with E-state index in [1.807, 2.05) is 39.5 Å². The van der Waals surface area contributed by atoms with Gasteiger partial charge in [0.15, 0.2) is 5.82 Å². The number of carbonyl (C=O) groups excluding carboxylic acids is 1. The Hall–Kier alpha value is -3.42. The molecule has 0 bridgehead atoms. The number of pyridine rings is 1. The number of aliphatic imine (C=N–C) groups is 1. The summed E-state index contributed by atoms with van der Waals surface area (Å²) < 4.78 is 75.2. The molecular formula is C29H37F3N6O4S. The van der Waals surface area contributed by atoms with Crippen molar-refractivity contribution in [3.05, 3.63) is 40.9 Å². The molecule has 1 aliphatic carbocycles. The van der Waals surface area contributed by atoms with Crippen LogP contribution in [-0.4, -0.2) is 66.2 Å². The Bertz CT molecular complexity index is 1590. The van der Waals surface area contributed by atoms with Crippen LogP contribution in [0.2, 0.25) is 0 Å². The summed E-state index contributed by atoms with van der Waals surface area (Å²) in [4.78, 5) is 24.4. The van der Waals surface area contributed by atoms with Crippen LogP contribution in [0, 0.1) is 16.7 Å². The summed E-state index contributed by atoms with van der Waals surface area (Å²) >= 11 is 0. The molecule has 1 saturated carbocycles. The summed E-state index contributed by atoms with van der Waals surface area (Å²) in [6.07, 6.45) is 0.811. The molecule has 0 spiro atoms. The van der Waals surface area contributed by atoms with E-state index in [1.54, 1.807) is 0 Å². The van der Waals surface area contributed by atoms with Gasteiger partial charge in [-0.3, -0.25) is 9.79 Å². The lowest BCUT2D eigenvalue weighted by Crippen LogP contribution is -2.41. The number of alkyl halides is 3. The van der Waals surface area contributed by atoms with Gasteiger partial charge in [-0.15, -0.1) is 5.10 Å². The summed E-state index contributed by atoms with van der Waals surface area (Å²) in [6.45, 7) is 12.0. The average molecular weight is 623 g/mol. The van der Waals surface area contributed by atoms with E-state index >= 15 is 0 Å². The number of nitrogens with zero attached hydrogens (tertiary/aromatic N) is 5. The van der Waals surface area contributed by atoms with E-state index in [4.69, 9.17) is 9.72 Å². The Morgan fingerprint density at radius 1 is 1.16 bits per heavy atom. The van der Waals surface area contributed by atoms with Gasteiger partial charge in [0.25, 0.3) is 15.9 Å². The fourth-order valence-electron chi connectivity index (χ4n) is 5.56. The zero-order chi connectivity index (χ0) is 31.6.